The van der Waals surface area contributed by atoms with Gasteiger partial charge in [-0.15, -0.1) is 0 Å². The fourth-order valence-electron chi connectivity index (χ4n) is 10.7. The van der Waals surface area contributed by atoms with E-state index in [0.717, 1.165) is 75.6 Å². The molecule has 0 radical (unpaired) electrons. The van der Waals surface area contributed by atoms with Crippen LogP contribution in [0, 0.1) is 17.8 Å². The summed E-state index contributed by atoms with van der Waals surface area (Å²) in [4.78, 5) is 10.4. The van der Waals surface area contributed by atoms with Crippen LogP contribution in [0.5, 0.6) is 0 Å². The van der Waals surface area contributed by atoms with Gasteiger partial charge >= 0.3 is 0 Å². The number of amidine groups is 2. The van der Waals surface area contributed by atoms with Gasteiger partial charge in [-0.05, 0) is 130 Å². The van der Waals surface area contributed by atoms with E-state index in [9.17, 15) is 0 Å². The molecule has 0 saturated heterocycles. The van der Waals surface area contributed by atoms with Crippen molar-refractivity contribution in [3.05, 3.63) is 161 Å². The normalized spacial score (nSPS) is 23.8. The van der Waals surface area contributed by atoms with Gasteiger partial charge in [-0.25, -0.2) is 4.99 Å². The third-order valence-electron chi connectivity index (χ3n) is 14.0. The summed E-state index contributed by atoms with van der Waals surface area (Å²) in [5.41, 5.74) is 16.9. The first-order chi connectivity index (χ1) is 31.0. The minimum atomic E-state index is 0.295. The van der Waals surface area contributed by atoms with Crippen molar-refractivity contribution >= 4 is 51.7 Å². The zero-order valence-corrected chi connectivity index (χ0v) is 37.9. The maximum atomic E-state index is 6.71. The summed E-state index contributed by atoms with van der Waals surface area (Å²) >= 11 is 0. The smallest absolute Gasteiger partial charge is 0.152 e. The maximum Gasteiger partial charge on any atom is 0.152 e. The molecule has 4 unspecified atom stereocenters. The zero-order valence-electron chi connectivity index (χ0n) is 37.9. The van der Waals surface area contributed by atoms with Crippen LogP contribution in [0.4, 0.5) is 0 Å². The van der Waals surface area contributed by atoms with Gasteiger partial charge in [0.25, 0.3) is 0 Å². The third kappa shape index (κ3) is 8.60. The fourth-order valence-corrected chi connectivity index (χ4v) is 10.7. The Morgan fingerprint density at radius 1 is 0.794 bits per heavy atom. The molecule has 5 aliphatic carbocycles. The molecule has 63 heavy (non-hydrogen) atoms. The third-order valence-corrected chi connectivity index (χ3v) is 14.0. The van der Waals surface area contributed by atoms with E-state index in [4.69, 9.17) is 15.7 Å². The molecule has 5 aliphatic rings. The van der Waals surface area contributed by atoms with Gasteiger partial charge in [0.05, 0.1) is 12.1 Å². The summed E-state index contributed by atoms with van der Waals surface area (Å²) in [7, 11) is 0. The average Bonchev–Trinajstić information content (AvgIpc) is 3.84. The van der Waals surface area contributed by atoms with Gasteiger partial charge in [0.1, 0.15) is 5.84 Å². The zero-order chi connectivity index (χ0) is 43.3. The molecular weight excluding hydrogens is 767 g/mol. The molecule has 2 aromatic heterocycles. The quantitative estimate of drug-likeness (QED) is 0.0863. The Labute approximate surface area is 375 Å². The predicted molar refractivity (Wildman–Crippen MR) is 272 cm³/mol. The van der Waals surface area contributed by atoms with E-state index in [1.165, 1.54) is 60.3 Å². The average molecular weight is 832 g/mol. The lowest BCUT2D eigenvalue weighted by molar-refractivity contribution is 0.453. The molecule has 0 fully saturated rings. The minimum Gasteiger partial charge on any atom is -0.383 e. The van der Waals surface area contributed by atoms with E-state index in [1.54, 1.807) is 0 Å². The van der Waals surface area contributed by atoms with E-state index < -0.39 is 0 Å². The molecule has 0 spiro atoms. The lowest BCUT2D eigenvalue weighted by Gasteiger charge is -2.25. The number of fused-ring (bicyclic) bond motifs is 4. The van der Waals surface area contributed by atoms with Crippen molar-refractivity contribution in [2.45, 2.75) is 104 Å². The van der Waals surface area contributed by atoms with Crippen LogP contribution < -0.4 is 16.3 Å². The molecule has 0 saturated carbocycles. The molecule has 9 rings (SSSR count). The second kappa shape index (κ2) is 19.2. The highest BCUT2D eigenvalue weighted by Gasteiger charge is 2.24. The molecule has 4 aromatic rings. The lowest BCUT2D eigenvalue weighted by atomic mass is 9.84. The number of aromatic nitrogens is 2. The van der Waals surface area contributed by atoms with Gasteiger partial charge in [-0.3, -0.25) is 4.99 Å². The molecule has 5 heteroatoms. The van der Waals surface area contributed by atoms with E-state index in [0.29, 0.717) is 42.2 Å². The summed E-state index contributed by atoms with van der Waals surface area (Å²) in [5, 5.41) is 5.46. The van der Waals surface area contributed by atoms with Crippen LogP contribution in [0.2, 0.25) is 0 Å². The van der Waals surface area contributed by atoms with E-state index in [-0.39, 0.29) is 0 Å². The van der Waals surface area contributed by atoms with Gasteiger partial charge in [0.2, 0.25) is 0 Å². The highest BCUT2D eigenvalue weighted by Crippen LogP contribution is 2.37. The van der Waals surface area contributed by atoms with E-state index in [2.05, 4.69) is 183 Å². The Balaban J connectivity index is 1.02. The molecule has 0 amide bonds. The summed E-state index contributed by atoms with van der Waals surface area (Å²) in [6.45, 7) is 9.62. The number of aliphatic imine (C=N–C) groups is 2. The first kappa shape index (κ1) is 42.4. The molecule has 5 nitrogen and oxygen atoms in total. The van der Waals surface area contributed by atoms with Crippen LogP contribution in [0.25, 0.3) is 51.2 Å². The van der Waals surface area contributed by atoms with Crippen LogP contribution >= 0.6 is 0 Å². The summed E-state index contributed by atoms with van der Waals surface area (Å²) in [6, 6.07) is 15.0. The Bertz CT molecular complexity index is 2850. The van der Waals surface area contributed by atoms with Crippen molar-refractivity contribution in [2.24, 2.45) is 33.5 Å². The number of nitrogens with two attached hydrogens (primary N) is 1. The molecule has 0 bridgehead atoms. The van der Waals surface area contributed by atoms with Crippen LogP contribution in [0.1, 0.15) is 109 Å². The van der Waals surface area contributed by atoms with Crippen LogP contribution in [-0.4, -0.2) is 27.4 Å². The lowest BCUT2D eigenvalue weighted by Crippen LogP contribution is -2.33. The number of allylic oxidation sites excluding steroid dienone is 14. The molecule has 2 N–H and O–H groups in total. The largest absolute Gasteiger partial charge is 0.383 e. The van der Waals surface area contributed by atoms with Gasteiger partial charge in [-0.1, -0.05) is 142 Å². The minimum absolute atomic E-state index is 0.295. The summed E-state index contributed by atoms with van der Waals surface area (Å²) < 4.78 is 5.21. The van der Waals surface area contributed by atoms with Crippen molar-refractivity contribution in [1.29, 1.82) is 0 Å². The number of hydrogen-bond acceptors (Lipinski definition) is 1. The second-order valence-electron chi connectivity index (χ2n) is 17.9. The molecular formula is C58H65N5. The van der Waals surface area contributed by atoms with Crippen molar-refractivity contribution in [3.8, 4) is 11.1 Å². The number of hydrogen-bond donors (Lipinski definition) is 1. The van der Waals surface area contributed by atoms with Gasteiger partial charge in [-0.2, -0.15) is 0 Å². The SMILES string of the molecule is C/C=C\c1c(CC)n(C2C=CC=CC2)c2ccc(-c3ccc4c(c3)c3c(n4C4C=C[C@@H](C/N=C(\N=C(/N)C5=CC=CCC5)C(=C/C5C=CC=CC5CC)/CC)CC4)=CCCC=3)cc12. The fraction of sp³-hybridized carbons (Fsp3) is 0.345. The van der Waals surface area contributed by atoms with Crippen molar-refractivity contribution in [2.75, 3.05) is 6.54 Å². The molecule has 2 heterocycles. The highest BCUT2D eigenvalue weighted by atomic mass is 15.0. The Hall–Kier alpha value is -5.94. The molecule has 2 aromatic carbocycles. The van der Waals surface area contributed by atoms with Crippen LogP contribution in [0.3, 0.4) is 0 Å². The Morgan fingerprint density at radius 3 is 2.30 bits per heavy atom. The topological polar surface area (TPSA) is 60.6 Å². The monoisotopic (exact) mass is 832 g/mol. The van der Waals surface area contributed by atoms with Gasteiger partial charge in [0.15, 0.2) is 5.84 Å². The van der Waals surface area contributed by atoms with Gasteiger partial charge in [0, 0.05) is 56.1 Å². The molecule has 5 atom stereocenters. The highest BCUT2D eigenvalue weighted by molar-refractivity contribution is 6.10. The number of rotatable bonds is 12. The van der Waals surface area contributed by atoms with Crippen molar-refractivity contribution in [3.63, 3.8) is 0 Å². The summed E-state index contributed by atoms with van der Waals surface area (Å²) in [5.74, 6) is 2.55. The predicted octanol–water partition coefficient (Wildman–Crippen LogP) is 12.9. The van der Waals surface area contributed by atoms with E-state index in [1.807, 2.05) is 0 Å². The second-order valence-corrected chi connectivity index (χ2v) is 17.9. The molecule has 322 valence electrons. The Kier molecular flexibility index (Phi) is 12.9. The first-order valence-electron chi connectivity index (χ1n) is 24.0. The van der Waals surface area contributed by atoms with E-state index >= 15 is 0 Å². The van der Waals surface area contributed by atoms with Crippen LogP contribution in [-0.2, 0) is 6.42 Å². The van der Waals surface area contributed by atoms with Crippen LogP contribution in [0.15, 0.2) is 149 Å². The number of benzene rings is 2. The number of nitrogens with zero attached hydrogens (tertiary/aromatic N) is 4. The maximum absolute atomic E-state index is 6.71. The van der Waals surface area contributed by atoms with Crippen molar-refractivity contribution < 1.29 is 0 Å². The standard InChI is InChI=1S/C58H65N5/c1-5-19-49-51-37-45(30-34-55(51)62(53(49)8-4)47-24-13-10-14-25-47)46-31-35-56-52(38-46)50-26-17-18-27-54(50)63(56)48-32-28-40(29-33-48)39-60-58(61-57(59)43-21-11-9-12-22-43)42(7-3)36-44-23-16-15-20-41(44)6-2/h5,9-11,13-16,19-21,23-24,26-28,30-32,34-38,40-41,44,47-48H,6-8,12,17-18,22,25,29,33,39H2,1-4H3,(H2,59,60,61)/b19-5-,42-36+/t40-,41?,44?,47?,48?/m1/s1. The Morgan fingerprint density at radius 2 is 1.59 bits per heavy atom. The molecule has 0 aliphatic heterocycles. The summed E-state index contributed by atoms with van der Waals surface area (Å²) in [6.07, 6.45) is 51.4. The van der Waals surface area contributed by atoms with Crippen molar-refractivity contribution in [1.82, 2.24) is 9.13 Å². The van der Waals surface area contributed by atoms with Gasteiger partial charge < -0.3 is 14.9 Å². The first-order valence-corrected chi connectivity index (χ1v) is 24.0.